The molecule has 0 aromatic heterocycles. The molecule has 1 aliphatic carbocycles. The van der Waals surface area contributed by atoms with Crippen molar-refractivity contribution in [3.05, 3.63) is 29.6 Å². The molecule has 0 heterocycles. The van der Waals surface area contributed by atoms with E-state index in [1.807, 2.05) is 6.92 Å². The van der Waals surface area contributed by atoms with Gasteiger partial charge in [0.1, 0.15) is 5.82 Å². The minimum absolute atomic E-state index is 0.0788. The Morgan fingerprint density at radius 2 is 2.10 bits per heavy atom. The van der Waals surface area contributed by atoms with Gasteiger partial charge in [0.05, 0.1) is 5.69 Å². The molecule has 0 unspecified atom stereocenters. The molecule has 1 fully saturated rings. The number of hydrogen-bond donors (Lipinski definition) is 2. The maximum Gasteiger partial charge on any atom is 0.224 e. The fraction of sp³-hybridized carbons (Fsp3) is 0.467. The number of rotatable bonds is 6. The van der Waals surface area contributed by atoms with E-state index < -0.39 is 5.82 Å². The smallest absolute Gasteiger partial charge is 0.224 e. The lowest BCUT2D eigenvalue weighted by atomic mass is 10.2. The fourth-order valence-corrected chi connectivity index (χ4v) is 1.90. The molecule has 108 valence electrons. The van der Waals surface area contributed by atoms with Crippen LogP contribution in [0.15, 0.2) is 18.2 Å². The lowest BCUT2D eigenvalue weighted by Gasteiger charge is -2.08. The maximum absolute atomic E-state index is 13.4. The second-order valence-electron chi connectivity index (χ2n) is 5.20. The number of carbonyl (C=O) groups is 2. The fourth-order valence-electron chi connectivity index (χ4n) is 1.90. The van der Waals surface area contributed by atoms with E-state index in [0.717, 1.165) is 18.4 Å². The van der Waals surface area contributed by atoms with Crippen molar-refractivity contribution in [3.63, 3.8) is 0 Å². The molecule has 2 amide bonds. The van der Waals surface area contributed by atoms with Crippen LogP contribution in [0.2, 0.25) is 0 Å². The summed E-state index contributed by atoms with van der Waals surface area (Å²) in [5, 5.41) is 5.34. The van der Waals surface area contributed by atoms with Crippen molar-refractivity contribution in [1.29, 1.82) is 0 Å². The summed E-state index contributed by atoms with van der Waals surface area (Å²) in [7, 11) is 0. The second-order valence-corrected chi connectivity index (χ2v) is 5.20. The van der Waals surface area contributed by atoms with Gasteiger partial charge in [0.25, 0.3) is 0 Å². The normalized spacial score (nSPS) is 13.9. The Bertz CT molecular complexity index is 513. The average Bonchev–Trinajstić information content (AvgIpc) is 3.23. The van der Waals surface area contributed by atoms with E-state index in [1.54, 1.807) is 12.1 Å². The van der Waals surface area contributed by atoms with Crippen LogP contribution in [0.3, 0.4) is 0 Å². The van der Waals surface area contributed by atoms with Gasteiger partial charge >= 0.3 is 0 Å². The monoisotopic (exact) mass is 278 g/mol. The van der Waals surface area contributed by atoms with Crippen LogP contribution in [0.5, 0.6) is 0 Å². The summed E-state index contributed by atoms with van der Waals surface area (Å²) < 4.78 is 13.4. The highest BCUT2D eigenvalue weighted by molar-refractivity contribution is 5.91. The first kappa shape index (κ1) is 14.5. The Labute approximate surface area is 117 Å². The summed E-state index contributed by atoms with van der Waals surface area (Å²) in [6.45, 7) is 2.32. The number of benzene rings is 1. The van der Waals surface area contributed by atoms with Gasteiger partial charge in [0.2, 0.25) is 11.8 Å². The van der Waals surface area contributed by atoms with Crippen molar-refractivity contribution < 1.29 is 14.0 Å². The van der Waals surface area contributed by atoms with Gasteiger partial charge in [-0.1, -0.05) is 6.07 Å². The van der Waals surface area contributed by atoms with Gasteiger partial charge in [-0.3, -0.25) is 9.59 Å². The van der Waals surface area contributed by atoms with Crippen LogP contribution in [-0.2, 0) is 9.59 Å². The van der Waals surface area contributed by atoms with Crippen LogP contribution in [0.4, 0.5) is 10.1 Å². The van der Waals surface area contributed by atoms with Gasteiger partial charge in [0, 0.05) is 18.9 Å². The number of anilines is 1. The van der Waals surface area contributed by atoms with E-state index in [-0.39, 0.29) is 29.8 Å². The lowest BCUT2D eigenvalue weighted by molar-refractivity contribution is -0.122. The molecule has 0 spiro atoms. The molecule has 0 bridgehead atoms. The van der Waals surface area contributed by atoms with Gasteiger partial charge in [-0.15, -0.1) is 0 Å². The predicted molar refractivity (Wildman–Crippen MR) is 74.7 cm³/mol. The third-order valence-corrected chi connectivity index (χ3v) is 3.22. The van der Waals surface area contributed by atoms with Crippen LogP contribution in [0, 0.1) is 18.7 Å². The topological polar surface area (TPSA) is 58.2 Å². The molecule has 0 radical (unpaired) electrons. The van der Waals surface area contributed by atoms with E-state index in [1.165, 1.54) is 6.07 Å². The summed E-state index contributed by atoms with van der Waals surface area (Å²) in [4.78, 5) is 23.0. The van der Waals surface area contributed by atoms with Crippen molar-refractivity contribution in [2.75, 3.05) is 11.9 Å². The van der Waals surface area contributed by atoms with Gasteiger partial charge < -0.3 is 10.6 Å². The first-order valence-corrected chi connectivity index (χ1v) is 6.90. The molecule has 2 N–H and O–H groups in total. The van der Waals surface area contributed by atoms with Crippen molar-refractivity contribution in [1.82, 2.24) is 5.32 Å². The van der Waals surface area contributed by atoms with E-state index >= 15 is 0 Å². The molecule has 0 saturated heterocycles. The number of amides is 2. The molecule has 1 aromatic rings. The van der Waals surface area contributed by atoms with Crippen molar-refractivity contribution in [3.8, 4) is 0 Å². The zero-order valence-electron chi connectivity index (χ0n) is 11.5. The maximum atomic E-state index is 13.4. The minimum atomic E-state index is -0.439. The number of halogens is 1. The highest BCUT2D eigenvalue weighted by Crippen LogP contribution is 2.28. The molecule has 0 aliphatic heterocycles. The molecule has 20 heavy (non-hydrogen) atoms. The largest absolute Gasteiger partial charge is 0.356 e. The molecular formula is C15H19FN2O2. The zero-order valence-corrected chi connectivity index (χ0v) is 11.5. The number of nitrogens with one attached hydrogen (secondary N) is 2. The standard InChI is InChI=1S/C15H19FN2O2/c1-10-4-7-12(16)13(9-10)18-14(19)3-2-8-17-15(20)11-5-6-11/h4,7,9,11H,2-3,5-6,8H2,1H3,(H,17,20)(H,18,19). The summed E-state index contributed by atoms with van der Waals surface area (Å²) in [6, 6.07) is 4.58. The van der Waals surface area contributed by atoms with E-state index in [0.29, 0.717) is 13.0 Å². The van der Waals surface area contributed by atoms with Crippen LogP contribution in [0.25, 0.3) is 0 Å². The minimum Gasteiger partial charge on any atom is -0.356 e. The summed E-state index contributed by atoms with van der Waals surface area (Å²) in [5.74, 6) is -0.415. The molecule has 4 nitrogen and oxygen atoms in total. The van der Waals surface area contributed by atoms with Gasteiger partial charge in [-0.05, 0) is 43.9 Å². The third kappa shape index (κ3) is 4.33. The quantitative estimate of drug-likeness (QED) is 0.785. The molecule has 0 atom stereocenters. The average molecular weight is 278 g/mol. The van der Waals surface area contributed by atoms with E-state index in [2.05, 4.69) is 10.6 Å². The van der Waals surface area contributed by atoms with Crippen LogP contribution < -0.4 is 10.6 Å². The van der Waals surface area contributed by atoms with Crippen molar-refractivity contribution in [2.24, 2.45) is 5.92 Å². The Morgan fingerprint density at radius 1 is 1.35 bits per heavy atom. The van der Waals surface area contributed by atoms with E-state index in [4.69, 9.17) is 0 Å². The summed E-state index contributed by atoms with van der Waals surface area (Å²) in [6.07, 6.45) is 2.76. The SMILES string of the molecule is Cc1ccc(F)c(NC(=O)CCCNC(=O)C2CC2)c1. The number of carbonyl (C=O) groups excluding carboxylic acids is 2. The molecule has 1 saturated carbocycles. The van der Waals surface area contributed by atoms with E-state index in [9.17, 15) is 14.0 Å². The predicted octanol–water partition coefficient (Wildman–Crippen LogP) is 2.38. The Balaban J connectivity index is 1.69. The molecule has 1 aliphatic rings. The highest BCUT2D eigenvalue weighted by atomic mass is 19.1. The van der Waals surface area contributed by atoms with Gasteiger partial charge in [-0.2, -0.15) is 0 Å². The summed E-state index contributed by atoms with van der Waals surface area (Å²) in [5.41, 5.74) is 1.09. The molecule has 5 heteroatoms. The Hall–Kier alpha value is -1.91. The highest BCUT2D eigenvalue weighted by Gasteiger charge is 2.28. The molecular weight excluding hydrogens is 259 g/mol. The third-order valence-electron chi connectivity index (χ3n) is 3.22. The Morgan fingerprint density at radius 3 is 2.80 bits per heavy atom. The van der Waals surface area contributed by atoms with Crippen molar-refractivity contribution >= 4 is 17.5 Å². The first-order chi connectivity index (χ1) is 9.56. The number of aryl methyl sites for hydroxylation is 1. The zero-order chi connectivity index (χ0) is 14.5. The van der Waals surface area contributed by atoms with Gasteiger partial charge in [-0.25, -0.2) is 4.39 Å². The van der Waals surface area contributed by atoms with Crippen LogP contribution in [-0.4, -0.2) is 18.4 Å². The summed E-state index contributed by atoms with van der Waals surface area (Å²) >= 11 is 0. The number of hydrogen-bond acceptors (Lipinski definition) is 2. The molecule has 2 rings (SSSR count). The van der Waals surface area contributed by atoms with Crippen LogP contribution in [0.1, 0.15) is 31.2 Å². The Kier molecular flexibility index (Phi) is 4.71. The molecule has 1 aromatic carbocycles. The first-order valence-electron chi connectivity index (χ1n) is 6.90. The van der Waals surface area contributed by atoms with Crippen LogP contribution >= 0.6 is 0 Å². The van der Waals surface area contributed by atoms with Gasteiger partial charge in [0.15, 0.2) is 0 Å². The second kappa shape index (κ2) is 6.50. The lowest BCUT2D eigenvalue weighted by Crippen LogP contribution is -2.26. The van der Waals surface area contributed by atoms with Crippen molar-refractivity contribution in [2.45, 2.75) is 32.6 Å².